The Bertz CT molecular complexity index is 688. The van der Waals surface area contributed by atoms with Crippen LogP contribution in [0.4, 0.5) is 10.8 Å². The number of carbonyl (C=O) groups excluding carboxylic acids is 1. The minimum Gasteiger partial charge on any atom is -0.495 e. The highest BCUT2D eigenvalue weighted by atomic mass is 32.2. The molecule has 2 N–H and O–H groups in total. The first-order valence-corrected chi connectivity index (χ1v) is 9.06. The lowest BCUT2D eigenvalue weighted by Crippen LogP contribution is -2.22. The maximum Gasteiger partial charge on any atom is 0.237 e. The van der Waals surface area contributed by atoms with E-state index in [9.17, 15) is 4.79 Å². The molecule has 1 saturated carbocycles. The van der Waals surface area contributed by atoms with E-state index in [-0.39, 0.29) is 11.2 Å². The van der Waals surface area contributed by atoms with Gasteiger partial charge in [0.25, 0.3) is 0 Å². The van der Waals surface area contributed by atoms with Gasteiger partial charge in [-0.2, -0.15) is 0 Å². The first kappa shape index (κ1) is 16.1. The van der Waals surface area contributed by atoms with Crippen molar-refractivity contribution in [2.75, 3.05) is 17.7 Å². The van der Waals surface area contributed by atoms with Gasteiger partial charge in [0.2, 0.25) is 11.0 Å². The summed E-state index contributed by atoms with van der Waals surface area (Å²) in [5, 5.41) is 15.0. The summed E-state index contributed by atoms with van der Waals surface area (Å²) >= 11 is 2.89. The first-order valence-electron chi connectivity index (χ1n) is 7.36. The van der Waals surface area contributed by atoms with E-state index in [1.165, 1.54) is 35.9 Å². The quantitative estimate of drug-likeness (QED) is 0.747. The molecule has 2 aromatic rings. The van der Waals surface area contributed by atoms with E-state index in [4.69, 9.17) is 4.74 Å². The van der Waals surface area contributed by atoms with E-state index < -0.39 is 0 Å². The second-order valence-electron chi connectivity index (χ2n) is 5.24. The van der Waals surface area contributed by atoms with Crippen molar-refractivity contribution < 1.29 is 9.53 Å². The zero-order valence-corrected chi connectivity index (χ0v) is 14.5. The lowest BCUT2D eigenvalue weighted by Gasteiger charge is -2.12. The van der Waals surface area contributed by atoms with E-state index in [0.717, 1.165) is 9.47 Å². The third kappa shape index (κ3) is 4.35. The molecule has 0 spiro atoms. The van der Waals surface area contributed by atoms with Crippen LogP contribution in [0.3, 0.4) is 0 Å². The van der Waals surface area contributed by atoms with Crippen LogP contribution in [0, 0.1) is 0 Å². The SMILES string of the molecule is COc1ccccc1NC(=O)C(C)Sc1nnc(NC2CC2)s1. The molecule has 1 amide bonds. The van der Waals surface area contributed by atoms with Crippen LogP contribution in [-0.4, -0.2) is 34.5 Å². The molecule has 122 valence electrons. The van der Waals surface area contributed by atoms with E-state index in [1.54, 1.807) is 7.11 Å². The minimum atomic E-state index is -0.276. The van der Waals surface area contributed by atoms with Crippen molar-refractivity contribution in [1.82, 2.24) is 10.2 Å². The van der Waals surface area contributed by atoms with Gasteiger partial charge in [0.15, 0.2) is 4.34 Å². The molecule has 0 bridgehead atoms. The summed E-state index contributed by atoms with van der Waals surface area (Å²) in [5.41, 5.74) is 0.667. The van der Waals surface area contributed by atoms with Crippen molar-refractivity contribution in [3.63, 3.8) is 0 Å². The Labute approximate surface area is 143 Å². The number of hydrogen-bond donors (Lipinski definition) is 2. The molecule has 1 aliphatic rings. The van der Waals surface area contributed by atoms with Crippen LogP contribution in [0.5, 0.6) is 5.75 Å². The predicted octanol–water partition coefficient (Wildman–Crippen LogP) is 3.24. The van der Waals surface area contributed by atoms with E-state index in [1.807, 2.05) is 31.2 Å². The summed E-state index contributed by atoms with van der Waals surface area (Å²) in [4.78, 5) is 12.3. The summed E-state index contributed by atoms with van der Waals surface area (Å²) in [7, 11) is 1.58. The highest BCUT2D eigenvalue weighted by Crippen LogP contribution is 2.32. The second kappa shape index (κ2) is 7.18. The number of para-hydroxylation sites is 2. The zero-order valence-electron chi connectivity index (χ0n) is 12.9. The predicted molar refractivity (Wildman–Crippen MR) is 93.5 cm³/mol. The fraction of sp³-hybridized carbons (Fsp3) is 0.400. The Balaban J connectivity index is 1.57. The van der Waals surface area contributed by atoms with Gasteiger partial charge in [0, 0.05) is 6.04 Å². The molecule has 6 nitrogen and oxygen atoms in total. The number of methoxy groups -OCH3 is 1. The van der Waals surface area contributed by atoms with Crippen LogP contribution >= 0.6 is 23.1 Å². The lowest BCUT2D eigenvalue weighted by atomic mass is 10.3. The Hall–Kier alpha value is -1.80. The van der Waals surface area contributed by atoms with Crippen LogP contribution in [-0.2, 0) is 4.79 Å². The van der Waals surface area contributed by atoms with Gasteiger partial charge in [-0.1, -0.05) is 35.2 Å². The number of amides is 1. The molecule has 1 aromatic carbocycles. The minimum absolute atomic E-state index is 0.0913. The number of hydrogen-bond acceptors (Lipinski definition) is 7. The third-order valence-corrected chi connectivity index (χ3v) is 5.36. The highest BCUT2D eigenvalue weighted by molar-refractivity contribution is 8.02. The fourth-order valence-corrected chi connectivity index (χ4v) is 3.88. The van der Waals surface area contributed by atoms with Gasteiger partial charge in [0.1, 0.15) is 5.75 Å². The van der Waals surface area contributed by atoms with Crippen LogP contribution in [0.15, 0.2) is 28.6 Å². The summed E-state index contributed by atoms with van der Waals surface area (Å²) in [5.74, 6) is 0.552. The smallest absolute Gasteiger partial charge is 0.237 e. The third-order valence-electron chi connectivity index (χ3n) is 3.32. The van der Waals surface area contributed by atoms with Crippen molar-refractivity contribution in [3.05, 3.63) is 24.3 Å². The number of aromatic nitrogens is 2. The molecule has 0 saturated heterocycles. The first-order chi connectivity index (χ1) is 11.2. The van der Waals surface area contributed by atoms with E-state index >= 15 is 0 Å². The number of thioether (sulfide) groups is 1. The zero-order chi connectivity index (χ0) is 16.2. The van der Waals surface area contributed by atoms with Crippen LogP contribution in [0.1, 0.15) is 19.8 Å². The number of rotatable bonds is 7. The average molecular weight is 350 g/mol. The normalized spacial score (nSPS) is 15.0. The van der Waals surface area contributed by atoms with Crippen molar-refractivity contribution in [2.45, 2.75) is 35.4 Å². The molecule has 0 aliphatic heterocycles. The number of anilines is 2. The lowest BCUT2D eigenvalue weighted by molar-refractivity contribution is -0.115. The van der Waals surface area contributed by atoms with Crippen LogP contribution in [0.2, 0.25) is 0 Å². The number of carbonyl (C=O) groups is 1. The molecule has 1 aromatic heterocycles. The summed E-state index contributed by atoms with van der Waals surface area (Å²) in [6.07, 6.45) is 2.39. The molecular weight excluding hydrogens is 332 g/mol. The standard InChI is InChI=1S/C15H18N4O2S2/c1-9(13(20)17-11-5-3-4-6-12(11)21-2)22-15-19-18-14(23-15)16-10-7-8-10/h3-6,9-10H,7-8H2,1-2H3,(H,16,18)(H,17,20). The topological polar surface area (TPSA) is 76.1 Å². The fourth-order valence-electron chi connectivity index (χ4n) is 1.91. The highest BCUT2D eigenvalue weighted by Gasteiger charge is 2.23. The maximum atomic E-state index is 12.3. The van der Waals surface area contributed by atoms with Crippen molar-refractivity contribution >= 4 is 39.8 Å². The monoisotopic (exact) mass is 350 g/mol. The molecule has 1 unspecified atom stereocenters. The molecule has 1 fully saturated rings. The molecule has 0 radical (unpaired) electrons. The van der Waals surface area contributed by atoms with Gasteiger partial charge in [-0.15, -0.1) is 10.2 Å². The number of nitrogens with zero attached hydrogens (tertiary/aromatic N) is 2. The van der Waals surface area contributed by atoms with Crippen molar-refractivity contribution in [2.24, 2.45) is 0 Å². The van der Waals surface area contributed by atoms with Gasteiger partial charge in [0.05, 0.1) is 18.0 Å². The Kier molecular flexibility index (Phi) is 5.02. The Morgan fingerprint density at radius 1 is 1.39 bits per heavy atom. The molecule has 1 aliphatic carbocycles. The van der Waals surface area contributed by atoms with Crippen molar-refractivity contribution in [1.29, 1.82) is 0 Å². The van der Waals surface area contributed by atoms with Gasteiger partial charge in [-0.05, 0) is 31.9 Å². The molecule has 1 atom stereocenters. The molecule has 23 heavy (non-hydrogen) atoms. The average Bonchev–Trinajstić information content (AvgIpc) is 3.26. The van der Waals surface area contributed by atoms with Gasteiger partial charge >= 0.3 is 0 Å². The molecule has 3 rings (SSSR count). The molecule has 1 heterocycles. The largest absolute Gasteiger partial charge is 0.495 e. The molecule has 8 heteroatoms. The summed E-state index contributed by atoms with van der Waals surface area (Å²) in [6, 6.07) is 7.90. The van der Waals surface area contributed by atoms with Gasteiger partial charge in [-0.25, -0.2) is 0 Å². The van der Waals surface area contributed by atoms with Gasteiger partial charge < -0.3 is 15.4 Å². The summed E-state index contributed by atoms with van der Waals surface area (Å²) < 4.78 is 6.03. The second-order valence-corrected chi connectivity index (χ2v) is 7.81. The maximum absolute atomic E-state index is 12.3. The van der Waals surface area contributed by atoms with Crippen LogP contribution < -0.4 is 15.4 Å². The van der Waals surface area contributed by atoms with Crippen LogP contribution in [0.25, 0.3) is 0 Å². The number of benzene rings is 1. The van der Waals surface area contributed by atoms with E-state index in [2.05, 4.69) is 20.8 Å². The van der Waals surface area contributed by atoms with E-state index in [0.29, 0.717) is 17.5 Å². The van der Waals surface area contributed by atoms with Crippen molar-refractivity contribution in [3.8, 4) is 5.75 Å². The van der Waals surface area contributed by atoms with Gasteiger partial charge in [-0.3, -0.25) is 4.79 Å². The number of nitrogens with one attached hydrogen (secondary N) is 2. The number of ether oxygens (including phenoxy) is 1. The summed E-state index contributed by atoms with van der Waals surface area (Å²) in [6.45, 7) is 1.85. The Morgan fingerprint density at radius 3 is 2.91 bits per heavy atom. The molecular formula is C15H18N4O2S2. The Morgan fingerprint density at radius 2 is 2.17 bits per heavy atom.